The van der Waals surface area contributed by atoms with Gasteiger partial charge in [0.2, 0.25) is 5.91 Å². The zero-order valence-corrected chi connectivity index (χ0v) is 43.3. The number of carbonyl (C=O) groups excluding carboxylic acids is 3. The van der Waals surface area contributed by atoms with Gasteiger partial charge >= 0.3 is 29.6 Å². The predicted octanol–water partition coefficient (Wildman–Crippen LogP) is 3.23. The molecule has 0 aromatic heterocycles. The van der Waals surface area contributed by atoms with Crippen molar-refractivity contribution in [2.24, 2.45) is 41.4 Å². The van der Waals surface area contributed by atoms with Crippen LogP contribution in [0.5, 0.6) is 5.75 Å². The topological polar surface area (TPSA) is 182 Å². The summed E-state index contributed by atoms with van der Waals surface area (Å²) < 4.78 is 40.0. The van der Waals surface area contributed by atoms with Crippen LogP contribution >= 0.6 is 0 Å². The Kier molecular flexibility index (Phi) is 18.1. The number of Topliss-reactive ketones (excluding diaryl/α,β-unsaturated/α-hetero) is 1. The van der Waals surface area contributed by atoms with E-state index >= 15 is 0 Å². The van der Waals surface area contributed by atoms with Crippen molar-refractivity contribution < 1.29 is 87.7 Å². The monoisotopic (exact) mass is 920 g/mol. The number of benzene rings is 1. The maximum absolute atomic E-state index is 14.7. The molecule has 1 amide bonds. The van der Waals surface area contributed by atoms with Crippen molar-refractivity contribution in [3.63, 3.8) is 0 Å². The van der Waals surface area contributed by atoms with Gasteiger partial charge in [-0.05, 0) is 107 Å². The summed E-state index contributed by atoms with van der Waals surface area (Å²) in [5, 5.41) is 38.3. The molecular formula is C51H78NNaO12. The second kappa shape index (κ2) is 21.8. The fourth-order valence-corrected chi connectivity index (χ4v) is 11.8. The van der Waals surface area contributed by atoms with E-state index in [1.807, 2.05) is 78.0 Å². The molecule has 0 unspecified atom stereocenters. The second-order valence-electron chi connectivity index (χ2n) is 20.5. The Morgan fingerprint density at radius 3 is 2.18 bits per heavy atom. The third kappa shape index (κ3) is 11.1. The number of methoxy groups -OCH3 is 1. The van der Waals surface area contributed by atoms with Crippen molar-refractivity contribution in [3.05, 3.63) is 42.0 Å². The van der Waals surface area contributed by atoms with Crippen LogP contribution < -0.4 is 44.7 Å². The average molecular weight is 920 g/mol. The number of nitrogens with one attached hydrogen (secondary N) is 1. The minimum absolute atomic E-state index is 0. The van der Waals surface area contributed by atoms with Crippen LogP contribution in [-0.4, -0.2) is 100 Å². The van der Waals surface area contributed by atoms with Gasteiger partial charge in [0, 0.05) is 42.0 Å². The van der Waals surface area contributed by atoms with Gasteiger partial charge < -0.3 is 53.9 Å². The molecule has 5 aliphatic heterocycles. The Bertz CT molecular complexity index is 1810. The number of hydrogen-bond acceptors (Lipinski definition) is 12. The van der Waals surface area contributed by atoms with Crippen LogP contribution in [0.15, 0.2) is 36.4 Å². The predicted molar refractivity (Wildman–Crippen MR) is 239 cm³/mol. The molecule has 0 aliphatic carbocycles. The number of carbonyl (C=O) groups is 3. The van der Waals surface area contributed by atoms with E-state index in [1.54, 1.807) is 14.0 Å². The SMILES string of the molecule is CC[C@@H](C(=O)[C@@H](C)[C@@H](O)[C@H](C)[C@@H]1O[C@@H]([C@@H](CC)C(=O)[O-])CC[C@@H]1C)[C@H]1O[C@]2(C=C[C@H](NC(=O)Cc3ccc(OC)cc3)[C@]3(CC[C@@](C)([C@H]4CC[C@](O)(CC)[C@H](C)O4)O3)O2)[C@H](C)C[C@@H]1C.[Na+]. The molecule has 14 heteroatoms. The molecular weight excluding hydrogens is 842 g/mol. The summed E-state index contributed by atoms with van der Waals surface area (Å²) in [6.45, 7) is 19.6. The summed E-state index contributed by atoms with van der Waals surface area (Å²) >= 11 is 0. The average Bonchev–Trinajstić information content (AvgIpc) is 3.61. The molecule has 5 aliphatic rings. The first-order chi connectivity index (χ1) is 30.2. The standard InChI is InChI=1S/C51H79NO12.Na/c1-12-37(47(56)57)39-20-15-29(4)45(61-39)33(8)43(54)32(7)44(55)38(13-2)46-30(5)27-31(6)50(62-46)24-21-40(52-42(53)28-35-16-18-36(59-11)19-17-35)51(64-50)26-25-48(10,63-51)41-22-23-49(58,14-3)34(9)60-41;/h16-19,21,24,29-34,37-41,43,45-46,54,58H,12-15,20,22-23,25-28H2,1-11H3,(H,52,53)(H,56,57);/q;+1/p-1/t29-,30-,31+,32-,33-,34-,37+,38-,39+,40-,41+,43+,45+,46-,48-,49+,50-,51-;/m0./s1. The van der Waals surface area contributed by atoms with Gasteiger partial charge in [-0.2, -0.15) is 0 Å². The molecule has 1 aromatic carbocycles. The number of rotatable bonds is 16. The van der Waals surface area contributed by atoms with Crippen molar-refractivity contribution in [2.75, 3.05) is 7.11 Å². The van der Waals surface area contributed by atoms with Crippen molar-refractivity contribution in [3.8, 4) is 5.75 Å². The molecule has 0 radical (unpaired) electrons. The second-order valence-corrected chi connectivity index (χ2v) is 20.5. The van der Waals surface area contributed by atoms with Gasteiger partial charge in [0.05, 0.1) is 61.4 Å². The van der Waals surface area contributed by atoms with Crippen LogP contribution in [0.25, 0.3) is 0 Å². The number of hydrogen-bond donors (Lipinski definition) is 3. The zero-order chi connectivity index (χ0) is 46.9. The minimum atomic E-state index is -1.35. The fourth-order valence-electron chi connectivity index (χ4n) is 11.8. The fraction of sp³-hybridized carbons (Fsp3) is 0.784. The van der Waals surface area contributed by atoms with E-state index in [1.165, 1.54) is 0 Å². The number of ketones is 1. The van der Waals surface area contributed by atoms with Crippen LogP contribution in [0.3, 0.4) is 0 Å². The zero-order valence-electron chi connectivity index (χ0n) is 41.3. The molecule has 5 heterocycles. The molecule has 18 atom stereocenters. The van der Waals surface area contributed by atoms with Crippen LogP contribution in [0.4, 0.5) is 0 Å². The van der Waals surface area contributed by atoms with Crippen LogP contribution in [0.2, 0.25) is 0 Å². The molecule has 360 valence electrons. The van der Waals surface area contributed by atoms with Gasteiger partial charge in [0.1, 0.15) is 17.6 Å². The number of ether oxygens (including phenoxy) is 6. The molecule has 4 fully saturated rings. The van der Waals surface area contributed by atoms with E-state index < -0.39 is 89.0 Å². The summed E-state index contributed by atoms with van der Waals surface area (Å²) in [6, 6.07) is 6.70. The van der Waals surface area contributed by atoms with E-state index in [0.29, 0.717) is 63.5 Å². The number of carboxylic acid groups (broad SMARTS) is 1. The Hall–Kier alpha value is -1.91. The number of aliphatic hydroxyl groups is 2. The molecule has 4 saturated heterocycles. The number of amides is 1. The maximum atomic E-state index is 14.7. The Morgan fingerprint density at radius 2 is 1.58 bits per heavy atom. The molecule has 3 N–H and O–H groups in total. The third-order valence-electron chi connectivity index (χ3n) is 16.3. The van der Waals surface area contributed by atoms with Crippen molar-refractivity contribution in [2.45, 2.75) is 205 Å². The van der Waals surface area contributed by atoms with Gasteiger partial charge in [-0.25, -0.2) is 0 Å². The van der Waals surface area contributed by atoms with Gasteiger partial charge in [-0.1, -0.05) is 73.6 Å². The van der Waals surface area contributed by atoms with Gasteiger partial charge in [-0.3, -0.25) is 9.59 Å². The number of carboxylic acids is 1. The van der Waals surface area contributed by atoms with Gasteiger partial charge in [0.25, 0.3) is 0 Å². The quantitative estimate of drug-likeness (QED) is 0.163. The van der Waals surface area contributed by atoms with Crippen molar-refractivity contribution >= 4 is 17.7 Å². The molecule has 6 rings (SSSR count). The summed E-state index contributed by atoms with van der Waals surface area (Å²) in [6.07, 6.45) is 6.32. The minimum Gasteiger partial charge on any atom is -0.550 e. The van der Waals surface area contributed by atoms with Crippen molar-refractivity contribution in [1.82, 2.24) is 5.32 Å². The van der Waals surface area contributed by atoms with Crippen LogP contribution in [0, 0.1) is 41.4 Å². The first-order valence-electron chi connectivity index (χ1n) is 24.3. The normalized spacial score (nSPS) is 39.4. The summed E-state index contributed by atoms with van der Waals surface area (Å²) in [5.74, 6) is -6.03. The summed E-state index contributed by atoms with van der Waals surface area (Å²) in [4.78, 5) is 40.5. The smallest absolute Gasteiger partial charge is 0.550 e. The Labute approximate surface area is 410 Å². The molecule has 65 heavy (non-hydrogen) atoms. The summed E-state index contributed by atoms with van der Waals surface area (Å²) in [7, 11) is 1.60. The first-order valence-corrected chi connectivity index (χ1v) is 24.3. The van der Waals surface area contributed by atoms with Crippen LogP contribution in [-0.2, 0) is 44.5 Å². The van der Waals surface area contributed by atoms with E-state index in [2.05, 4.69) is 26.1 Å². The third-order valence-corrected chi connectivity index (χ3v) is 16.3. The molecule has 13 nitrogen and oxygen atoms in total. The maximum Gasteiger partial charge on any atom is 1.00 e. The van der Waals surface area contributed by atoms with E-state index in [0.717, 1.165) is 12.0 Å². The largest absolute Gasteiger partial charge is 1.00 e. The van der Waals surface area contributed by atoms with Gasteiger partial charge in [-0.15, -0.1) is 0 Å². The molecule has 1 aromatic rings. The summed E-state index contributed by atoms with van der Waals surface area (Å²) in [5.41, 5.74) is -0.912. The van der Waals surface area contributed by atoms with Crippen molar-refractivity contribution in [1.29, 1.82) is 0 Å². The number of aliphatic hydroxyl groups excluding tert-OH is 1. The first kappa shape index (κ1) is 54.0. The van der Waals surface area contributed by atoms with E-state index in [-0.39, 0.29) is 71.5 Å². The molecule has 0 saturated carbocycles. The van der Waals surface area contributed by atoms with Gasteiger partial charge in [0.15, 0.2) is 11.6 Å². The Balaban J connectivity index is 0.00000793. The van der Waals surface area contributed by atoms with E-state index in [4.69, 9.17) is 28.4 Å². The van der Waals surface area contributed by atoms with Crippen LogP contribution in [0.1, 0.15) is 139 Å². The number of aliphatic carboxylic acids is 1. The Morgan fingerprint density at radius 1 is 0.908 bits per heavy atom. The van der Waals surface area contributed by atoms with E-state index in [9.17, 15) is 29.7 Å². The molecule has 0 bridgehead atoms. The molecule has 2 spiro atoms.